The molecule has 0 aliphatic rings. The summed E-state index contributed by atoms with van der Waals surface area (Å²) in [5.41, 5.74) is 7.17. The van der Waals surface area contributed by atoms with E-state index in [2.05, 4.69) is 5.32 Å². The summed E-state index contributed by atoms with van der Waals surface area (Å²) >= 11 is 0. The van der Waals surface area contributed by atoms with Crippen molar-refractivity contribution in [3.05, 3.63) is 47.5 Å². The number of carboxylic acids is 1. The van der Waals surface area contributed by atoms with E-state index < -0.39 is 17.9 Å². The molecule has 4 N–H and O–H groups in total. The van der Waals surface area contributed by atoms with E-state index in [-0.39, 0.29) is 6.42 Å². The highest BCUT2D eigenvalue weighted by Crippen LogP contribution is 2.08. The Hall–Kier alpha value is -2.47. The van der Waals surface area contributed by atoms with Crippen LogP contribution in [0.15, 0.2) is 36.4 Å². The van der Waals surface area contributed by atoms with E-state index in [1.54, 1.807) is 18.2 Å². The molecule has 1 atom stereocenters. The smallest absolute Gasteiger partial charge is 0.326 e. The number of allylic oxidation sites excluding steroid dienone is 1. The topological polar surface area (TPSA) is 109 Å². The Morgan fingerprint density at radius 2 is 2.05 bits per heavy atom. The van der Waals surface area contributed by atoms with Crippen molar-refractivity contribution in [3.63, 3.8) is 0 Å². The third kappa shape index (κ3) is 5.03. The fourth-order valence-electron chi connectivity index (χ4n) is 1.67. The zero-order valence-corrected chi connectivity index (χ0v) is 10.8. The first-order valence-corrected chi connectivity index (χ1v) is 6.00. The summed E-state index contributed by atoms with van der Waals surface area (Å²) in [5, 5.41) is 11.4. The first kappa shape index (κ1) is 15.6. The Morgan fingerprint density at radius 3 is 2.65 bits per heavy atom. The molecule has 1 aromatic rings. The average Bonchev–Trinajstić information content (AvgIpc) is 2.44. The van der Waals surface area contributed by atoms with Crippen LogP contribution in [0.3, 0.4) is 0 Å². The van der Waals surface area contributed by atoms with Crippen molar-refractivity contribution in [3.8, 4) is 0 Å². The number of hydrogen-bond acceptors (Lipinski definition) is 4. The zero-order valence-electron chi connectivity index (χ0n) is 10.8. The van der Waals surface area contributed by atoms with E-state index >= 15 is 0 Å². The highest BCUT2D eigenvalue weighted by Gasteiger charge is 2.19. The van der Waals surface area contributed by atoms with Crippen molar-refractivity contribution in [2.24, 2.45) is 5.73 Å². The van der Waals surface area contributed by atoms with Crippen LogP contribution in [-0.2, 0) is 27.3 Å². The maximum absolute atomic E-state index is 11.4. The number of amides is 1. The SMILES string of the molecule is NCc1cccc(C[C@@H](NC(=O)/C=C/C=O)C(=O)O)c1. The van der Waals surface area contributed by atoms with Gasteiger partial charge in [-0.3, -0.25) is 9.59 Å². The summed E-state index contributed by atoms with van der Waals surface area (Å²) in [5.74, 6) is -1.77. The third-order valence-corrected chi connectivity index (χ3v) is 2.61. The van der Waals surface area contributed by atoms with Crippen LogP contribution in [0.2, 0.25) is 0 Å². The molecule has 0 bridgehead atoms. The lowest BCUT2D eigenvalue weighted by molar-refractivity contribution is -0.141. The zero-order chi connectivity index (χ0) is 15.0. The van der Waals surface area contributed by atoms with Crippen LogP contribution in [0.4, 0.5) is 0 Å². The molecular formula is C14H16N2O4. The number of nitrogens with one attached hydrogen (secondary N) is 1. The molecule has 0 aliphatic carbocycles. The van der Waals surface area contributed by atoms with Crippen molar-refractivity contribution < 1.29 is 19.5 Å². The molecular weight excluding hydrogens is 260 g/mol. The second-order valence-electron chi connectivity index (χ2n) is 4.12. The molecule has 6 nitrogen and oxygen atoms in total. The maximum Gasteiger partial charge on any atom is 0.326 e. The molecule has 0 saturated carbocycles. The number of aldehydes is 1. The van der Waals surface area contributed by atoms with Gasteiger partial charge in [0.25, 0.3) is 0 Å². The molecule has 0 saturated heterocycles. The van der Waals surface area contributed by atoms with Crippen LogP contribution < -0.4 is 11.1 Å². The van der Waals surface area contributed by atoms with Gasteiger partial charge in [0.1, 0.15) is 12.3 Å². The lowest BCUT2D eigenvalue weighted by Gasteiger charge is -2.13. The van der Waals surface area contributed by atoms with E-state index in [0.29, 0.717) is 12.8 Å². The molecule has 106 valence electrons. The number of aliphatic carboxylic acids is 1. The lowest BCUT2D eigenvalue weighted by atomic mass is 10.0. The van der Waals surface area contributed by atoms with E-state index in [0.717, 1.165) is 23.3 Å². The summed E-state index contributed by atoms with van der Waals surface area (Å²) in [6.45, 7) is 0.361. The van der Waals surface area contributed by atoms with Gasteiger partial charge in [-0.15, -0.1) is 0 Å². The van der Waals surface area contributed by atoms with Gasteiger partial charge in [0.05, 0.1) is 0 Å². The highest BCUT2D eigenvalue weighted by molar-refractivity contribution is 5.93. The lowest BCUT2D eigenvalue weighted by Crippen LogP contribution is -2.41. The van der Waals surface area contributed by atoms with Gasteiger partial charge in [-0.05, 0) is 17.2 Å². The minimum absolute atomic E-state index is 0.143. The Bertz CT molecular complexity index is 526. The van der Waals surface area contributed by atoms with E-state index in [4.69, 9.17) is 10.8 Å². The molecule has 0 unspecified atom stereocenters. The minimum atomic E-state index is -1.14. The second kappa shape index (κ2) is 7.85. The predicted molar refractivity (Wildman–Crippen MR) is 72.8 cm³/mol. The molecule has 20 heavy (non-hydrogen) atoms. The third-order valence-electron chi connectivity index (χ3n) is 2.61. The van der Waals surface area contributed by atoms with E-state index in [9.17, 15) is 14.4 Å². The minimum Gasteiger partial charge on any atom is -0.480 e. The van der Waals surface area contributed by atoms with Crippen LogP contribution in [0.5, 0.6) is 0 Å². The fraction of sp³-hybridized carbons (Fsp3) is 0.214. The Morgan fingerprint density at radius 1 is 1.35 bits per heavy atom. The van der Waals surface area contributed by atoms with Crippen molar-refractivity contribution in [1.29, 1.82) is 0 Å². The van der Waals surface area contributed by atoms with Crippen LogP contribution in [0, 0.1) is 0 Å². The van der Waals surface area contributed by atoms with Gasteiger partial charge < -0.3 is 16.2 Å². The standard InChI is InChI=1S/C14H16N2O4/c15-9-11-4-1-3-10(7-11)8-12(14(19)20)16-13(18)5-2-6-17/h1-7,12H,8-9,15H2,(H,16,18)(H,19,20)/b5-2+/t12-/m1/s1. The Balaban J connectivity index is 2.76. The van der Waals surface area contributed by atoms with Gasteiger partial charge in [-0.25, -0.2) is 4.79 Å². The molecule has 0 heterocycles. The number of carbonyl (C=O) groups excluding carboxylic acids is 2. The molecule has 0 aliphatic heterocycles. The summed E-state index contributed by atoms with van der Waals surface area (Å²) in [6, 6.07) is 6.12. The molecule has 0 fully saturated rings. The van der Waals surface area contributed by atoms with Crippen LogP contribution in [0.25, 0.3) is 0 Å². The maximum atomic E-state index is 11.4. The number of carboxylic acid groups (broad SMARTS) is 1. The van der Waals surface area contributed by atoms with E-state index in [1.165, 1.54) is 0 Å². The monoisotopic (exact) mass is 276 g/mol. The number of hydrogen-bond donors (Lipinski definition) is 3. The first-order chi connectivity index (χ1) is 9.56. The van der Waals surface area contributed by atoms with Crippen molar-refractivity contribution in [2.75, 3.05) is 0 Å². The predicted octanol–water partition coefficient (Wildman–Crippen LogP) is 0.0123. The largest absolute Gasteiger partial charge is 0.480 e. The van der Waals surface area contributed by atoms with E-state index in [1.807, 2.05) is 6.07 Å². The molecule has 6 heteroatoms. The van der Waals surface area contributed by atoms with Crippen molar-refractivity contribution in [2.45, 2.75) is 19.0 Å². The van der Waals surface area contributed by atoms with Gasteiger partial charge in [-0.2, -0.15) is 0 Å². The van der Waals surface area contributed by atoms with Gasteiger partial charge in [0.15, 0.2) is 0 Å². The van der Waals surface area contributed by atoms with Gasteiger partial charge >= 0.3 is 5.97 Å². The molecule has 1 amide bonds. The number of carbonyl (C=O) groups is 3. The first-order valence-electron chi connectivity index (χ1n) is 6.00. The quantitative estimate of drug-likeness (QED) is 0.480. The summed E-state index contributed by atoms with van der Waals surface area (Å²) in [6.07, 6.45) is 2.58. The highest BCUT2D eigenvalue weighted by atomic mass is 16.4. The Kier molecular flexibility index (Phi) is 6.12. The fourth-order valence-corrected chi connectivity index (χ4v) is 1.67. The molecule has 1 rings (SSSR count). The number of nitrogens with two attached hydrogens (primary N) is 1. The summed E-state index contributed by atoms with van der Waals surface area (Å²) in [7, 11) is 0. The van der Waals surface area contributed by atoms with Gasteiger partial charge in [0.2, 0.25) is 5.91 Å². The van der Waals surface area contributed by atoms with Crippen molar-refractivity contribution in [1.82, 2.24) is 5.32 Å². The normalized spacial score (nSPS) is 12.1. The number of rotatable bonds is 7. The summed E-state index contributed by atoms with van der Waals surface area (Å²) in [4.78, 5) is 32.6. The number of benzene rings is 1. The molecule has 0 radical (unpaired) electrons. The Labute approximate surface area is 116 Å². The second-order valence-corrected chi connectivity index (χ2v) is 4.12. The molecule has 0 aromatic heterocycles. The van der Waals surface area contributed by atoms with Crippen LogP contribution in [-0.4, -0.2) is 29.3 Å². The average molecular weight is 276 g/mol. The van der Waals surface area contributed by atoms with Gasteiger partial charge in [0, 0.05) is 19.0 Å². The van der Waals surface area contributed by atoms with Crippen LogP contribution in [0.1, 0.15) is 11.1 Å². The van der Waals surface area contributed by atoms with Crippen molar-refractivity contribution >= 4 is 18.2 Å². The molecule has 0 spiro atoms. The summed E-state index contributed by atoms with van der Waals surface area (Å²) < 4.78 is 0. The molecule has 1 aromatic carbocycles. The van der Waals surface area contributed by atoms with Crippen LogP contribution >= 0.6 is 0 Å². The van der Waals surface area contributed by atoms with Gasteiger partial charge in [-0.1, -0.05) is 24.3 Å².